The fourth-order valence-electron chi connectivity index (χ4n) is 3.96. The van der Waals surface area contributed by atoms with Crippen molar-refractivity contribution >= 4 is 39.1 Å². The number of nitrogens with zero attached hydrogens (tertiary/aromatic N) is 1. The standard InChI is InChI=1S/C25H32ClN3O4S/c1-16(2)23(25(31)27-22-10-7-18(4)15-21(22)26)28-24(30)19-11-13-29(14-12-19)34(32,33)20-8-5-17(3)6-9-20/h5-10,15-16,19,23H,11-14H2,1-4H3,(H,27,31)(H,28,30). The molecule has 3 rings (SSSR count). The van der Waals surface area contributed by atoms with Crippen LogP contribution in [0.1, 0.15) is 37.8 Å². The van der Waals surface area contributed by atoms with Crippen LogP contribution in [0.3, 0.4) is 0 Å². The van der Waals surface area contributed by atoms with Crippen LogP contribution in [0.5, 0.6) is 0 Å². The van der Waals surface area contributed by atoms with E-state index in [0.717, 1.165) is 11.1 Å². The van der Waals surface area contributed by atoms with Crippen molar-refractivity contribution in [2.75, 3.05) is 18.4 Å². The molecule has 184 valence electrons. The molecule has 2 N–H and O–H groups in total. The van der Waals surface area contributed by atoms with E-state index in [9.17, 15) is 18.0 Å². The molecular formula is C25H32ClN3O4S. The summed E-state index contributed by atoms with van der Waals surface area (Å²) in [5.41, 5.74) is 2.46. The van der Waals surface area contributed by atoms with Crippen LogP contribution >= 0.6 is 11.6 Å². The normalized spacial score (nSPS) is 16.3. The number of carbonyl (C=O) groups is 2. The van der Waals surface area contributed by atoms with E-state index in [2.05, 4.69) is 10.6 Å². The van der Waals surface area contributed by atoms with Crippen LogP contribution in [0.2, 0.25) is 5.02 Å². The smallest absolute Gasteiger partial charge is 0.247 e. The van der Waals surface area contributed by atoms with E-state index in [0.29, 0.717) is 23.6 Å². The van der Waals surface area contributed by atoms with E-state index in [1.807, 2.05) is 33.8 Å². The molecule has 0 aromatic heterocycles. The van der Waals surface area contributed by atoms with E-state index >= 15 is 0 Å². The molecule has 0 aliphatic carbocycles. The minimum atomic E-state index is -3.59. The largest absolute Gasteiger partial charge is 0.344 e. The number of nitrogens with one attached hydrogen (secondary N) is 2. The predicted octanol–water partition coefficient (Wildman–Crippen LogP) is 4.14. The van der Waals surface area contributed by atoms with Gasteiger partial charge in [0.2, 0.25) is 21.8 Å². The fraction of sp³-hybridized carbons (Fsp3) is 0.440. The average molecular weight is 506 g/mol. The lowest BCUT2D eigenvalue weighted by molar-refractivity contribution is -0.130. The number of hydrogen-bond donors (Lipinski definition) is 2. The number of sulfonamides is 1. The lowest BCUT2D eigenvalue weighted by Gasteiger charge is -2.32. The van der Waals surface area contributed by atoms with Gasteiger partial charge in [0.05, 0.1) is 15.6 Å². The molecule has 0 bridgehead atoms. The third kappa shape index (κ3) is 6.17. The van der Waals surface area contributed by atoms with E-state index in [1.165, 1.54) is 4.31 Å². The Bertz CT molecular complexity index is 1140. The van der Waals surface area contributed by atoms with Gasteiger partial charge in [0, 0.05) is 19.0 Å². The Morgan fingerprint density at radius 3 is 2.15 bits per heavy atom. The zero-order valence-corrected chi connectivity index (χ0v) is 21.5. The third-order valence-corrected chi connectivity index (χ3v) is 8.34. The molecule has 2 aromatic rings. The van der Waals surface area contributed by atoms with Crippen LogP contribution in [-0.2, 0) is 19.6 Å². The number of halogens is 1. The minimum Gasteiger partial charge on any atom is -0.344 e. The number of hydrogen-bond acceptors (Lipinski definition) is 4. The van der Waals surface area contributed by atoms with Crippen molar-refractivity contribution < 1.29 is 18.0 Å². The molecule has 1 fully saturated rings. The molecule has 7 nitrogen and oxygen atoms in total. The summed E-state index contributed by atoms with van der Waals surface area (Å²) >= 11 is 6.23. The van der Waals surface area contributed by atoms with Gasteiger partial charge in [-0.1, -0.05) is 49.2 Å². The van der Waals surface area contributed by atoms with Gasteiger partial charge in [-0.3, -0.25) is 9.59 Å². The van der Waals surface area contributed by atoms with Gasteiger partial charge in [-0.05, 0) is 62.4 Å². The van der Waals surface area contributed by atoms with Crippen molar-refractivity contribution in [3.63, 3.8) is 0 Å². The van der Waals surface area contributed by atoms with Gasteiger partial charge >= 0.3 is 0 Å². The molecule has 0 saturated carbocycles. The minimum absolute atomic E-state index is 0.143. The number of benzene rings is 2. The predicted molar refractivity (Wildman–Crippen MR) is 134 cm³/mol. The van der Waals surface area contributed by atoms with Gasteiger partial charge in [-0.2, -0.15) is 4.31 Å². The second-order valence-corrected chi connectivity index (χ2v) is 11.5. The van der Waals surface area contributed by atoms with Crippen LogP contribution in [0.15, 0.2) is 47.4 Å². The second-order valence-electron chi connectivity index (χ2n) is 9.19. The summed E-state index contributed by atoms with van der Waals surface area (Å²) in [6.45, 7) is 8.04. The van der Waals surface area contributed by atoms with Crippen LogP contribution in [0.25, 0.3) is 0 Å². The van der Waals surface area contributed by atoms with Crippen molar-refractivity contribution in [3.05, 3.63) is 58.6 Å². The first kappa shape index (κ1) is 26.2. The third-order valence-electron chi connectivity index (χ3n) is 6.11. The molecule has 2 amide bonds. The maximum absolute atomic E-state index is 13.0. The highest BCUT2D eigenvalue weighted by atomic mass is 35.5. The average Bonchev–Trinajstić information content (AvgIpc) is 2.79. The Morgan fingerprint density at radius 1 is 1.00 bits per heavy atom. The lowest BCUT2D eigenvalue weighted by atomic mass is 9.95. The molecule has 0 radical (unpaired) electrons. The topological polar surface area (TPSA) is 95.6 Å². The van der Waals surface area contributed by atoms with Crippen molar-refractivity contribution in [2.24, 2.45) is 11.8 Å². The summed E-state index contributed by atoms with van der Waals surface area (Å²) in [6.07, 6.45) is 0.792. The Balaban J connectivity index is 1.61. The molecule has 1 saturated heterocycles. The summed E-state index contributed by atoms with van der Waals surface area (Å²) in [5.74, 6) is -1.08. The van der Waals surface area contributed by atoms with Crippen molar-refractivity contribution in [2.45, 2.75) is 51.5 Å². The van der Waals surface area contributed by atoms with E-state index < -0.39 is 16.1 Å². The molecule has 2 aromatic carbocycles. The fourth-order valence-corrected chi connectivity index (χ4v) is 5.71. The monoisotopic (exact) mass is 505 g/mol. The summed E-state index contributed by atoms with van der Waals surface area (Å²) in [4.78, 5) is 26.1. The molecule has 1 aliphatic rings. The highest BCUT2D eigenvalue weighted by Crippen LogP contribution is 2.26. The number of rotatable bonds is 7. The maximum Gasteiger partial charge on any atom is 0.247 e. The SMILES string of the molecule is Cc1ccc(S(=O)(=O)N2CCC(C(=O)NC(C(=O)Nc3ccc(C)cc3Cl)C(C)C)CC2)cc1. The van der Waals surface area contributed by atoms with Crippen molar-refractivity contribution in [3.8, 4) is 0 Å². The van der Waals surface area contributed by atoms with Crippen molar-refractivity contribution in [1.82, 2.24) is 9.62 Å². The number of carbonyl (C=O) groups excluding carboxylic acids is 2. The molecule has 1 heterocycles. The summed E-state index contributed by atoms with van der Waals surface area (Å²) in [6, 6.07) is 11.4. The van der Waals surface area contributed by atoms with Gasteiger partial charge in [-0.25, -0.2) is 8.42 Å². The number of anilines is 1. The number of amides is 2. The molecule has 9 heteroatoms. The maximum atomic E-state index is 13.0. The Hall–Kier alpha value is -2.42. The second kappa shape index (κ2) is 10.9. The zero-order chi connectivity index (χ0) is 25.0. The lowest BCUT2D eigenvalue weighted by Crippen LogP contribution is -2.51. The van der Waals surface area contributed by atoms with E-state index in [1.54, 1.807) is 36.4 Å². The quantitative estimate of drug-likeness (QED) is 0.591. The van der Waals surface area contributed by atoms with Crippen molar-refractivity contribution in [1.29, 1.82) is 0 Å². The first-order valence-corrected chi connectivity index (χ1v) is 13.2. The van der Waals surface area contributed by atoms with Gasteiger partial charge in [0.1, 0.15) is 6.04 Å². The Kier molecular flexibility index (Phi) is 8.38. The summed E-state index contributed by atoms with van der Waals surface area (Å²) in [5, 5.41) is 6.10. The molecule has 1 aliphatic heterocycles. The van der Waals surface area contributed by atoms with Crippen LogP contribution in [0.4, 0.5) is 5.69 Å². The molecule has 1 unspecified atom stereocenters. The highest BCUT2D eigenvalue weighted by molar-refractivity contribution is 7.89. The number of piperidine rings is 1. The molecule has 0 spiro atoms. The first-order valence-electron chi connectivity index (χ1n) is 11.4. The Labute approximate surface area is 206 Å². The van der Waals surface area contributed by atoms with Gasteiger partial charge in [-0.15, -0.1) is 0 Å². The highest BCUT2D eigenvalue weighted by Gasteiger charge is 2.34. The van der Waals surface area contributed by atoms with Gasteiger partial charge in [0.15, 0.2) is 0 Å². The molecule has 34 heavy (non-hydrogen) atoms. The molecule has 1 atom stereocenters. The van der Waals surface area contributed by atoms with E-state index in [4.69, 9.17) is 11.6 Å². The van der Waals surface area contributed by atoms with Crippen LogP contribution in [-0.4, -0.2) is 43.7 Å². The number of aryl methyl sites for hydroxylation is 2. The van der Waals surface area contributed by atoms with Gasteiger partial charge in [0.25, 0.3) is 0 Å². The van der Waals surface area contributed by atoms with Crippen LogP contribution in [0, 0.1) is 25.7 Å². The molecular weight excluding hydrogens is 474 g/mol. The zero-order valence-electron chi connectivity index (χ0n) is 20.0. The van der Waals surface area contributed by atoms with Crippen LogP contribution < -0.4 is 10.6 Å². The summed E-state index contributed by atoms with van der Waals surface area (Å²) in [7, 11) is -3.59. The van der Waals surface area contributed by atoms with Gasteiger partial charge < -0.3 is 10.6 Å². The van der Waals surface area contributed by atoms with E-state index in [-0.39, 0.29) is 41.6 Å². The first-order chi connectivity index (χ1) is 16.0. The Morgan fingerprint density at radius 2 is 1.59 bits per heavy atom. The summed E-state index contributed by atoms with van der Waals surface area (Å²) < 4.78 is 27.3.